The number of esters is 1. The monoisotopic (exact) mass is 300 g/mol. The molecule has 1 rings (SSSR count). The standard InChI is InChI=1S/C7H8.C3H3Cl3O2S/c1-7-5-3-2-4-6-7;4-3(5,6)8-2(7)1-9/h2-6H,1H3;9H,1H2. The van der Waals surface area contributed by atoms with Gasteiger partial charge < -0.3 is 4.74 Å². The molecule has 90 valence electrons. The summed E-state index contributed by atoms with van der Waals surface area (Å²) >= 11 is 18.8. The van der Waals surface area contributed by atoms with Gasteiger partial charge in [-0.05, 0) is 41.7 Å². The van der Waals surface area contributed by atoms with Crippen LogP contribution in [0.25, 0.3) is 0 Å². The van der Waals surface area contributed by atoms with Gasteiger partial charge in [-0.2, -0.15) is 12.6 Å². The highest BCUT2D eigenvalue weighted by Crippen LogP contribution is 2.27. The van der Waals surface area contributed by atoms with Crippen molar-refractivity contribution in [2.24, 2.45) is 0 Å². The maximum absolute atomic E-state index is 10.3. The van der Waals surface area contributed by atoms with Gasteiger partial charge in [0.15, 0.2) is 0 Å². The summed E-state index contributed by atoms with van der Waals surface area (Å²) in [7, 11) is 0. The average Bonchev–Trinajstić information content (AvgIpc) is 2.17. The molecule has 0 bridgehead atoms. The molecule has 0 amide bonds. The first-order valence-corrected chi connectivity index (χ1v) is 6.03. The third kappa shape index (κ3) is 10.4. The van der Waals surface area contributed by atoms with Crippen molar-refractivity contribution < 1.29 is 9.53 Å². The van der Waals surface area contributed by atoms with Gasteiger partial charge in [-0.15, -0.1) is 0 Å². The lowest BCUT2D eigenvalue weighted by Gasteiger charge is -2.09. The van der Waals surface area contributed by atoms with Gasteiger partial charge in [0.25, 0.3) is 0 Å². The maximum atomic E-state index is 10.3. The zero-order valence-electron chi connectivity index (χ0n) is 8.49. The van der Waals surface area contributed by atoms with Crippen LogP contribution in [0.1, 0.15) is 5.56 Å². The second-order valence-corrected chi connectivity index (χ2v) is 5.23. The van der Waals surface area contributed by atoms with Gasteiger partial charge in [-0.3, -0.25) is 4.79 Å². The van der Waals surface area contributed by atoms with E-state index in [2.05, 4.69) is 36.4 Å². The van der Waals surface area contributed by atoms with Gasteiger partial charge >= 0.3 is 9.95 Å². The van der Waals surface area contributed by atoms with Gasteiger partial charge in [0.05, 0.1) is 5.75 Å². The van der Waals surface area contributed by atoms with Crippen molar-refractivity contribution in [2.45, 2.75) is 10.9 Å². The van der Waals surface area contributed by atoms with Crippen LogP contribution < -0.4 is 0 Å². The Balaban J connectivity index is 0.000000288. The van der Waals surface area contributed by atoms with Crippen LogP contribution in [0.2, 0.25) is 0 Å². The highest BCUT2D eigenvalue weighted by Gasteiger charge is 2.23. The van der Waals surface area contributed by atoms with Gasteiger partial charge in [-0.25, -0.2) is 0 Å². The first-order chi connectivity index (χ1) is 7.35. The Morgan fingerprint density at radius 1 is 1.31 bits per heavy atom. The SMILES string of the molecule is Cc1ccccc1.O=C(CS)OC(Cl)(Cl)Cl. The number of carbonyl (C=O) groups excluding carboxylic acids is 1. The first-order valence-electron chi connectivity index (χ1n) is 4.26. The molecule has 0 N–H and O–H groups in total. The fraction of sp³-hybridized carbons (Fsp3) is 0.300. The van der Waals surface area contributed by atoms with Crippen molar-refractivity contribution in [1.29, 1.82) is 0 Å². The minimum atomic E-state index is -1.96. The normalized spacial score (nSPS) is 10.1. The molecule has 0 heterocycles. The predicted molar refractivity (Wildman–Crippen MR) is 71.4 cm³/mol. The number of halogens is 3. The molecule has 16 heavy (non-hydrogen) atoms. The fourth-order valence-electron chi connectivity index (χ4n) is 0.696. The second-order valence-electron chi connectivity index (χ2n) is 2.73. The Hall–Kier alpha value is -0.0900. The van der Waals surface area contributed by atoms with Gasteiger partial charge in [0.1, 0.15) is 0 Å². The molecule has 0 fully saturated rings. The summed E-state index contributed by atoms with van der Waals surface area (Å²) in [5, 5.41) is 0. The Labute approximate surface area is 115 Å². The number of ether oxygens (including phenoxy) is 1. The molecule has 0 aliphatic rings. The van der Waals surface area contributed by atoms with E-state index in [4.69, 9.17) is 34.8 Å². The summed E-state index contributed by atoms with van der Waals surface area (Å²) in [6.07, 6.45) is 0. The largest absolute Gasteiger partial charge is 0.414 e. The molecule has 0 aromatic heterocycles. The molecule has 0 saturated carbocycles. The topological polar surface area (TPSA) is 26.3 Å². The minimum Gasteiger partial charge on any atom is -0.414 e. The minimum absolute atomic E-state index is 0.103. The molecule has 6 heteroatoms. The Morgan fingerprint density at radius 3 is 2.00 bits per heavy atom. The van der Waals surface area contributed by atoms with E-state index in [0.29, 0.717) is 0 Å². The van der Waals surface area contributed by atoms with Crippen LogP contribution in [0.3, 0.4) is 0 Å². The highest BCUT2D eigenvalue weighted by atomic mass is 35.6. The highest BCUT2D eigenvalue weighted by molar-refractivity contribution is 7.81. The zero-order chi connectivity index (χ0) is 12.6. The molecule has 0 spiro atoms. The van der Waals surface area contributed by atoms with Gasteiger partial charge in [0, 0.05) is 0 Å². The summed E-state index contributed by atoms with van der Waals surface area (Å²) in [5.74, 6) is -0.771. The van der Waals surface area contributed by atoms with Crippen LogP contribution in [-0.2, 0) is 9.53 Å². The van der Waals surface area contributed by atoms with E-state index in [1.54, 1.807) is 0 Å². The van der Waals surface area contributed by atoms with Crippen LogP contribution in [0.15, 0.2) is 30.3 Å². The molecule has 0 aliphatic carbocycles. The molecule has 1 aromatic rings. The smallest absolute Gasteiger partial charge is 0.340 e. The summed E-state index contributed by atoms with van der Waals surface area (Å²) in [6.45, 7) is 2.08. The van der Waals surface area contributed by atoms with Crippen molar-refractivity contribution in [3.63, 3.8) is 0 Å². The predicted octanol–water partition coefficient (Wildman–Crippen LogP) is 3.78. The summed E-state index contributed by atoms with van der Waals surface area (Å²) < 4.78 is 2.21. The molecular weight excluding hydrogens is 291 g/mol. The number of hydrogen-bond acceptors (Lipinski definition) is 3. The van der Waals surface area contributed by atoms with E-state index in [0.717, 1.165) is 0 Å². The third-order valence-corrected chi connectivity index (χ3v) is 1.79. The average molecular weight is 302 g/mol. The Kier molecular flexibility index (Phi) is 8.02. The summed E-state index contributed by atoms with van der Waals surface area (Å²) in [5.41, 5.74) is 1.32. The van der Waals surface area contributed by atoms with Gasteiger partial charge in [0.2, 0.25) is 0 Å². The first kappa shape index (κ1) is 15.9. The molecule has 0 saturated heterocycles. The van der Waals surface area contributed by atoms with Crippen molar-refractivity contribution in [3.05, 3.63) is 35.9 Å². The lowest BCUT2D eigenvalue weighted by atomic mass is 10.2. The quantitative estimate of drug-likeness (QED) is 0.485. The van der Waals surface area contributed by atoms with Crippen molar-refractivity contribution in [3.8, 4) is 0 Å². The summed E-state index contributed by atoms with van der Waals surface area (Å²) in [6, 6.07) is 10.3. The lowest BCUT2D eigenvalue weighted by molar-refractivity contribution is -0.141. The van der Waals surface area contributed by atoms with Crippen molar-refractivity contribution in [1.82, 2.24) is 0 Å². The molecule has 0 radical (unpaired) electrons. The lowest BCUT2D eigenvalue weighted by Crippen LogP contribution is -2.16. The number of alkyl halides is 3. The van der Waals surface area contributed by atoms with E-state index in [1.165, 1.54) is 5.56 Å². The van der Waals surface area contributed by atoms with Crippen LogP contribution in [0.5, 0.6) is 0 Å². The van der Waals surface area contributed by atoms with E-state index in [9.17, 15) is 4.79 Å². The van der Waals surface area contributed by atoms with Crippen LogP contribution >= 0.6 is 47.4 Å². The molecule has 0 atom stereocenters. The molecule has 0 aliphatic heterocycles. The molecule has 1 aromatic carbocycles. The van der Waals surface area contributed by atoms with E-state index in [-0.39, 0.29) is 5.75 Å². The van der Waals surface area contributed by atoms with Crippen LogP contribution in [0, 0.1) is 6.92 Å². The van der Waals surface area contributed by atoms with E-state index in [1.807, 2.05) is 18.2 Å². The molecule has 0 unspecified atom stereocenters. The van der Waals surface area contributed by atoms with Crippen molar-refractivity contribution in [2.75, 3.05) is 5.75 Å². The zero-order valence-corrected chi connectivity index (χ0v) is 11.7. The Morgan fingerprint density at radius 2 is 1.81 bits per heavy atom. The summed E-state index contributed by atoms with van der Waals surface area (Å²) in [4.78, 5) is 10.3. The molecule has 2 nitrogen and oxygen atoms in total. The van der Waals surface area contributed by atoms with Crippen LogP contribution in [-0.4, -0.2) is 15.7 Å². The van der Waals surface area contributed by atoms with Crippen molar-refractivity contribution >= 4 is 53.4 Å². The van der Waals surface area contributed by atoms with E-state index >= 15 is 0 Å². The maximum Gasteiger partial charge on any atom is 0.340 e. The number of aryl methyl sites for hydroxylation is 1. The number of rotatable bonds is 1. The number of benzene rings is 1. The van der Waals surface area contributed by atoms with E-state index < -0.39 is 9.95 Å². The third-order valence-electron chi connectivity index (χ3n) is 1.30. The van der Waals surface area contributed by atoms with Crippen LogP contribution in [0.4, 0.5) is 0 Å². The second kappa shape index (κ2) is 8.07. The fourth-order valence-corrected chi connectivity index (χ4v) is 1.02. The molecular formula is C10H11Cl3O2S. The Bertz CT molecular complexity index is 312. The number of hydrogen-bond donors (Lipinski definition) is 1. The number of carbonyl (C=O) groups is 1. The number of thiol groups is 1. The van der Waals surface area contributed by atoms with Gasteiger partial charge in [-0.1, -0.05) is 35.9 Å².